The number of rotatable bonds is 2. The van der Waals surface area contributed by atoms with Crippen molar-refractivity contribution in [1.29, 1.82) is 0 Å². The fraction of sp³-hybridized carbons (Fsp3) is 1.00. The zero-order chi connectivity index (χ0) is 6.78. The summed E-state index contributed by atoms with van der Waals surface area (Å²) in [5.74, 6) is 0. The molecule has 0 aliphatic rings. The Morgan fingerprint density at radius 3 is 2.00 bits per heavy atom. The summed E-state index contributed by atoms with van der Waals surface area (Å²) in [7, 11) is -4.14. The minimum atomic E-state index is -4.14. The van der Waals surface area contributed by atoms with E-state index in [9.17, 15) is 13.0 Å². The molecule has 0 N–H and O–H groups in total. The molecule has 3 nitrogen and oxygen atoms in total. The molecule has 0 fully saturated rings. The van der Waals surface area contributed by atoms with Gasteiger partial charge in [0.2, 0.25) is 0 Å². The molecule has 50 valence electrons. The van der Waals surface area contributed by atoms with E-state index in [0.29, 0.717) is 0 Å². The zero-order valence-corrected chi connectivity index (χ0v) is 10.2. The molecule has 9 heavy (non-hydrogen) atoms. The number of thiol groups is 1. The van der Waals surface area contributed by atoms with E-state index in [2.05, 4.69) is 12.6 Å². The van der Waals surface area contributed by atoms with Crippen LogP contribution in [0, 0.1) is 0 Å². The monoisotopic (exact) mass is 194 g/mol. The molecule has 0 aliphatic heterocycles. The van der Waals surface area contributed by atoms with Crippen molar-refractivity contribution in [1.82, 2.24) is 0 Å². The van der Waals surface area contributed by atoms with Gasteiger partial charge in [-0.05, 0) is 6.42 Å². The summed E-state index contributed by atoms with van der Waals surface area (Å²) < 4.78 is 28.8. The average Bonchev–Trinajstić information content (AvgIpc) is 1.62. The van der Waals surface area contributed by atoms with Gasteiger partial charge in [0.05, 0.1) is 4.58 Å². The van der Waals surface area contributed by atoms with Gasteiger partial charge in [0.15, 0.2) is 0 Å². The van der Waals surface area contributed by atoms with E-state index in [-0.39, 0.29) is 57.8 Å². The van der Waals surface area contributed by atoms with Crippen LogP contribution in [0.2, 0.25) is 0 Å². The minimum absolute atomic E-state index is 0. The van der Waals surface area contributed by atoms with Gasteiger partial charge < -0.3 is 4.55 Å². The van der Waals surface area contributed by atoms with Crippen molar-refractivity contribution >= 4 is 22.7 Å². The quantitative estimate of drug-likeness (QED) is 0.293. The van der Waals surface area contributed by atoms with Crippen LogP contribution in [0.15, 0.2) is 0 Å². The molecule has 0 heterocycles. The fourth-order valence-electron chi connectivity index (χ4n) is 0.204. The Labute approximate surface area is 103 Å². The van der Waals surface area contributed by atoms with Gasteiger partial charge in [0.1, 0.15) is 10.1 Å². The molecule has 0 saturated carbocycles. The molecule has 0 aromatic heterocycles. The van der Waals surface area contributed by atoms with Crippen LogP contribution in [0.5, 0.6) is 0 Å². The third kappa shape index (κ3) is 6.30. The summed E-state index contributed by atoms with van der Waals surface area (Å²) in [5, 5.41) is 0. The summed E-state index contributed by atoms with van der Waals surface area (Å²) in [6, 6.07) is 0. The molecule has 0 spiro atoms. The first-order valence-corrected chi connectivity index (χ1v) is 4.10. The summed E-state index contributed by atoms with van der Waals surface area (Å²) in [6.07, 6.45) is 0.259. The molecule has 0 amide bonds. The van der Waals surface area contributed by atoms with Gasteiger partial charge in [-0.1, -0.05) is 6.92 Å². The van der Waals surface area contributed by atoms with Gasteiger partial charge in [-0.15, -0.1) is 0 Å². The Balaban J connectivity index is 0. The molecule has 0 aromatic carbocycles. The van der Waals surface area contributed by atoms with E-state index in [1.165, 1.54) is 0 Å². The Morgan fingerprint density at radius 2 is 2.00 bits per heavy atom. The van der Waals surface area contributed by atoms with E-state index in [1.807, 2.05) is 0 Å². The van der Waals surface area contributed by atoms with E-state index < -0.39 is 14.7 Å². The van der Waals surface area contributed by atoms with Crippen molar-refractivity contribution in [2.24, 2.45) is 0 Å². The van der Waals surface area contributed by atoms with Crippen LogP contribution in [0.3, 0.4) is 0 Å². The Bertz CT molecular complexity index is 152. The van der Waals surface area contributed by atoms with Crippen molar-refractivity contribution in [3.05, 3.63) is 0 Å². The summed E-state index contributed by atoms with van der Waals surface area (Å²) in [6.45, 7) is 1.59. The maximum Gasteiger partial charge on any atom is 1.00 e. The van der Waals surface area contributed by atoms with Crippen molar-refractivity contribution in [2.75, 3.05) is 0 Å². The average molecular weight is 194 g/mol. The third-order valence-corrected chi connectivity index (χ3v) is 2.82. The summed E-state index contributed by atoms with van der Waals surface area (Å²) in [5.41, 5.74) is 0. The molecule has 1 unspecified atom stereocenters. The minimum Gasteiger partial charge on any atom is -0.747 e. The van der Waals surface area contributed by atoms with Gasteiger partial charge in [-0.25, -0.2) is 8.42 Å². The normalized spacial score (nSPS) is 14.1. The molecule has 0 radical (unpaired) electrons. The maximum atomic E-state index is 9.93. The Morgan fingerprint density at radius 1 is 1.67 bits per heavy atom. The number of hydrogen-bond donors (Lipinski definition) is 1. The van der Waals surface area contributed by atoms with Crippen LogP contribution in [0.1, 0.15) is 13.3 Å². The zero-order valence-electron chi connectivity index (χ0n) is 5.36. The second kappa shape index (κ2) is 5.53. The molecule has 0 saturated heterocycles. The summed E-state index contributed by atoms with van der Waals surface area (Å²) >= 11 is 3.51. The standard InChI is InChI=1S/C3H8O3S2.K/c1-2-3(7)8(4,5)6;/h3,7H,2H2,1H3,(H,4,5,6);/q;+1/p-1. The second-order valence-corrected chi connectivity index (χ2v) is 3.88. The van der Waals surface area contributed by atoms with Crippen molar-refractivity contribution in [3.8, 4) is 0 Å². The Hall–Kier alpha value is 1.90. The summed E-state index contributed by atoms with van der Waals surface area (Å²) in [4.78, 5) is 0. The van der Waals surface area contributed by atoms with Gasteiger partial charge >= 0.3 is 51.4 Å². The van der Waals surface area contributed by atoms with E-state index in [4.69, 9.17) is 0 Å². The predicted octanol–water partition coefficient (Wildman–Crippen LogP) is -2.80. The van der Waals surface area contributed by atoms with E-state index in [0.717, 1.165) is 0 Å². The third-order valence-electron chi connectivity index (χ3n) is 0.682. The molecule has 0 aromatic rings. The maximum absolute atomic E-state index is 9.93. The van der Waals surface area contributed by atoms with Crippen molar-refractivity contribution in [2.45, 2.75) is 17.9 Å². The van der Waals surface area contributed by atoms with Gasteiger partial charge in [-0.2, -0.15) is 12.6 Å². The SMILES string of the molecule is CCC(S)S(=O)(=O)[O-].[K+]. The first-order valence-electron chi connectivity index (χ1n) is 2.11. The van der Waals surface area contributed by atoms with E-state index in [1.54, 1.807) is 6.92 Å². The van der Waals surface area contributed by atoms with Crippen LogP contribution in [0.4, 0.5) is 0 Å². The van der Waals surface area contributed by atoms with Crippen LogP contribution < -0.4 is 51.4 Å². The van der Waals surface area contributed by atoms with Gasteiger partial charge in [0, 0.05) is 0 Å². The van der Waals surface area contributed by atoms with Crippen LogP contribution in [0.25, 0.3) is 0 Å². The largest absolute Gasteiger partial charge is 1.00 e. The van der Waals surface area contributed by atoms with Crippen molar-refractivity contribution in [3.63, 3.8) is 0 Å². The van der Waals surface area contributed by atoms with Crippen LogP contribution in [-0.2, 0) is 10.1 Å². The number of hydrogen-bond acceptors (Lipinski definition) is 4. The molecular weight excluding hydrogens is 187 g/mol. The molecule has 0 rings (SSSR count). The second-order valence-electron chi connectivity index (χ2n) is 1.36. The van der Waals surface area contributed by atoms with Gasteiger partial charge in [0.25, 0.3) is 0 Å². The molecule has 1 atom stereocenters. The molecular formula is C3H7KO3S2. The first-order chi connectivity index (χ1) is 3.48. The van der Waals surface area contributed by atoms with E-state index >= 15 is 0 Å². The first kappa shape index (κ1) is 13.5. The predicted molar refractivity (Wildman–Crippen MR) is 32.8 cm³/mol. The van der Waals surface area contributed by atoms with Gasteiger partial charge in [-0.3, -0.25) is 0 Å². The Kier molecular flexibility index (Phi) is 8.29. The molecule has 6 heteroatoms. The smallest absolute Gasteiger partial charge is 0.747 e. The topological polar surface area (TPSA) is 57.2 Å². The molecule has 0 aliphatic carbocycles. The van der Waals surface area contributed by atoms with Crippen LogP contribution >= 0.6 is 12.6 Å². The molecule has 0 bridgehead atoms. The van der Waals surface area contributed by atoms with Crippen molar-refractivity contribution < 1.29 is 64.4 Å². The fourth-order valence-corrected chi connectivity index (χ4v) is 0.612. The van der Waals surface area contributed by atoms with Crippen LogP contribution in [-0.4, -0.2) is 17.6 Å².